The minimum Gasteiger partial charge on any atom is -0.486 e. The molecule has 0 unspecified atom stereocenters. The highest BCUT2D eigenvalue weighted by atomic mass is 35.5. The number of ether oxygens (including phenoxy) is 1. The van der Waals surface area contributed by atoms with E-state index >= 15 is 0 Å². The maximum Gasteiger partial charge on any atom is 0.267 e. The van der Waals surface area contributed by atoms with Crippen LogP contribution in [0.1, 0.15) is 20.4 Å². The second-order valence-corrected chi connectivity index (χ2v) is 6.75. The van der Waals surface area contributed by atoms with Crippen LogP contribution in [0.2, 0.25) is 5.02 Å². The van der Waals surface area contributed by atoms with Crippen LogP contribution in [0.15, 0.2) is 48.5 Å². The highest BCUT2D eigenvalue weighted by Crippen LogP contribution is 2.22. The van der Waals surface area contributed by atoms with Crippen LogP contribution in [0, 0.1) is 12.7 Å². The van der Waals surface area contributed by atoms with Crippen molar-refractivity contribution in [3.63, 3.8) is 0 Å². The number of carbonyl (C=O) groups is 1. The van der Waals surface area contributed by atoms with Gasteiger partial charge >= 0.3 is 0 Å². The number of thiazole rings is 1. The zero-order valence-electron chi connectivity index (χ0n) is 13.3. The molecule has 25 heavy (non-hydrogen) atoms. The fraction of sp³-hybridized carbons (Fsp3) is 0.111. The van der Waals surface area contributed by atoms with Crippen LogP contribution in [-0.4, -0.2) is 10.9 Å². The predicted molar refractivity (Wildman–Crippen MR) is 97.0 cm³/mol. The Morgan fingerprint density at radius 3 is 2.76 bits per heavy atom. The lowest BCUT2D eigenvalue weighted by atomic mass is 10.3. The average molecular weight is 377 g/mol. The quantitative estimate of drug-likeness (QED) is 0.675. The Morgan fingerprint density at radius 2 is 2.04 bits per heavy atom. The molecule has 0 radical (unpaired) electrons. The van der Waals surface area contributed by atoms with Crippen LogP contribution in [0.25, 0.3) is 0 Å². The highest BCUT2D eigenvalue weighted by molar-refractivity contribution is 7.13. The highest BCUT2D eigenvalue weighted by Gasteiger charge is 2.16. The smallest absolute Gasteiger partial charge is 0.267 e. The van der Waals surface area contributed by atoms with Crippen LogP contribution >= 0.6 is 22.9 Å². The molecule has 3 rings (SSSR count). The van der Waals surface area contributed by atoms with Gasteiger partial charge in [0.15, 0.2) is 0 Å². The van der Waals surface area contributed by atoms with Gasteiger partial charge in [-0.15, -0.1) is 11.3 Å². The van der Waals surface area contributed by atoms with Gasteiger partial charge in [0.2, 0.25) is 0 Å². The van der Waals surface area contributed by atoms with Gasteiger partial charge in [-0.2, -0.15) is 0 Å². The first kappa shape index (κ1) is 17.4. The number of anilines is 1. The molecular weight excluding hydrogens is 363 g/mol. The van der Waals surface area contributed by atoms with E-state index in [-0.39, 0.29) is 12.5 Å². The maximum absolute atomic E-state index is 13.2. The standard InChI is InChI=1S/C18H14ClFN2O2S/c1-11-17(18(23)22-14-4-2-3-13(20)9-14)25-16(21-11)10-24-15-7-5-12(19)6-8-15/h2-9H,10H2,1H3,(H,22,23). The molecule has 0 saturated heterocycles. The largest absolute Gasteiger partial charge is 0.486 e. The van der Waals surface area contributed by atoms with Crippen LogP contribution in [0.3, 0.4) is 0 Å². The van der Waals surface area contributed by atoms with Crippen molar-refractivity contribution in [2.75, 3.05) is 5.32 Å². The summed E-state index contributed by atoms with van der Waals surface area (Å²) in [5.41, 5.74) is 1.00. The summed E-state index contributed by atoms with van der Waals surface area (Å²) in [6.07, 6.45) is 0. The Balaban J connectivity index is 1.67. The maximum atomic E-state index is 13.2. The summed E-state index contributed by atoms with van der Waals surface area (Å²) in [6, 6.07) is 12.8. The number of carbonyl (C=O) groups excluding carboxylic acids is 1. The summed E-state index contributed by atoms with van der Waals surface area (Å²) >= 11 is 7.08. The molecule has 0 bridgehead atoms. The number of nitrogens with zero attached hydrogens (tertiary/aromatic N) is 1. The van der Waals surface area contributed by atoms with Gasteiger partial charge in [0.1, 0.15) is 28.1 Å². The van der Waals surface area contributed by atoms with Crippen molar-refractivity contribution in [3.8, 4) is 5.75 Å². The van der Waals surface area contributed by atoms with E-state index < -0.39 is 5.82 Å². The van der Waals surface area contributed by atoms with Gasteiger partial charge in [-0.25, -0.2) is 9.37 Å². The lowest BCUT2D eigenvalue weighted by molar-refractivity contribution is 0.103. The molecule has 7 heteroatoms. The van der Waals surface area contributed by atoms with Gasteiger partial charge in [-0.1, -0.05) is 17.7 Å². The first-order chi connectivity index (χ1) is 12.0. The van der Waals surface area contributed by atoms with Gasteiger partial charge in [-0.05, 0) is 49.4 Å². The summed E-state index contributed by atoms with van der Waals surface area (Å²) in [5, 5.41) is 3.98. The van der Waals surface area contributed by atoms with E-state index in [0.29, 0.717) is 32.0 Å². The third-order valence-electron chi connectivity index (χ3n) is 3.31. The Hall–Kier alpha value is -2.44. The van der Waals surface area contributed by atoms with Crippen LogP contribution < -0.4 is 10.1 Å². The van der Waals surface area contributed by atoms with E-state index in [1.54, 1.807) is 37.3 Å². The SMILES string of the molecule is Cc1nc(COc2ccc(Cl)cc2)sc1C(=O)Nc1cccc(F)c1. The van der Waals surface area contributed by atoms with Crippen molar-refractivity contribution in [2.45, 2.75) is 13.5 Å². The van der Waals surface area contributed by atoms with Gasteiger partial charge in [0, 0.05) is 10.7 Å². The Labute approximate surface area is 153 Å². The van der Waals surface area contributed by atoms with Crippen LogP contribution in [0.5, 0.6) is 5.75 Å². The number of halogens is 2. The zero-order chi connectivity index (χ0) is 17.8. The third kappa shape index (κ3) is 4.55. The predicted octanol–water partition coefficient (Wildman–Crippen LogP) is 5.08. The molecule has 0 aliphatic rings. The summed E-state index contributed by atoms with van der Waals surface area (Å²) < 4.78 is 18.8. The second kappa shape index (κ2) is 7.63. The van der Waals surface area contributed by atoms with E-state index in [4.69, 9.17) is 16.3 Å². The van der Waals surface area contributed by atoms with Crippen LogP contribution in [0.4, 0.5) is 10.1 Å². The number of hydrogen-bond donors (Lipinski definition) is 1. The van der Waals surface area contributed by atoms with Crippen LogP contribution in [-0.2, 0) is 6.61 Å². The zero-order valence-corrected chi connectivity index (χ0v) is 14.8. The number of benzene rings is 2. The number of amides is 1. The monoisotopic (exact) mass is 376 g/mol. The van der Waals surface area contributed by atoms with Crippen molar-refractivity contribution in [1.29, 1.82) is 0 Å². The molecule has 0 saturated carbocycles. The molecule has 3 aromatic rings. The van der Waals surface area contributed by atoms with Crippen molar-refractivity contribution < 1.29 is 13.9 Å². The van der Waals surface area contributed by atoms with Crippen molar-refractivity contribution in [2.24, 2.45) is 0 Å². The molecule has 1 N–H and O–H groups in total. The molecule has 128 valence electrons. The summed E-state index contributed by atoms with van der Waals surface area (Å²) in [6.45, 7) is 2.00. The molecule has 4 nitrogen and oxygen atoms in total. The fourth-order valence-corrected chi connectivity index (χ4v) is 3.15. The average Bonchev–Trinajstić information content (AvgIpc) is 2.95. The van der Waals surface area contributed by atoms with Gasteiger partial charge in [-0.3, -0.25) is 4.79 Å². The molecular formula is C18H14ClFN2O2S. The number of hydrogen-bond acceptors (Lipinski definition) is 4. The van der Waals surface area contributed by atoms with E-state index in [9.17, 15) is 9.18 Å². The lowest BCUT2D eigenvalue weighted by Crippen LogP contribution is -2.11. The molecule has 1 amide bonds. The first-order valence-corrected chi connectivity index (χ1v) is 8.62. The summed E-state index contributed by atoms with van der Waals surface area (Å²) in [5.74, 6) is -0.0581. The topological polar surface area (TPSA) is 51.2 Å². The van der Waals surface area contributed by atoms with Crippen molar-refractivity contribution in [3.05, 3.63) is 74.9 Å². The molecule has 2 aromatic carbocycles. The van der Waals surface area contributed by atoms with E-state index in [0.717, 1.165) is 0 Å². The molecule has 0 fully saturated rings. The minimum atomic E-state index is -0.407. The number of aryl methyl sites for hydroxylation is 1. The third-order valence-corrected chi connectivity index (χ3v) is 4.69. The number of rotatable bonds is 5. The minimum absolute atomic E-state index is 0.250. The summed E-state index contributed by atoms with van der Waals surface area (Å²) in [4.78, 5) is 17.2. The molecule has 1 aromatic heterocycles. The number of aromatic nitrogens is 1. The normalized spacial score (nSPS) is 10.5. The van der Waals surface area contributed by atoms with E-state index in [2.05, 4.69) is 10.3 Å². The van der Waals surface area contributed by atoms with Gasteiger partial charge in [0.05, 0.1) is 5.69 Å². The molecule has 0 aliphatic carbocycles. The van der Waals surface area contributed by atoms with E-state index in [1.807, 2.05) is 0 Å². The Kier molecular flexibility index (Phi) is 5.31. The first-order valence-electron chi connectivity index (χ1n) is 7.43. The Bertz CT molecular complexity index is 896. The molecule has 1 heterocycles. The van der Waals surface area contributed by atoms with Crippen molar-refractivity contribution >= 4 is 34.5 Å². The lowest BCUT2D eigenvalue weighted by Gasteiger charge is -2.04. The second-order valence-electron chi connectivity index (χ2n) is 5.23. The summed E-state index contributed by atoms with van der Waals surface area (Å²) in [7, 11) is 0. The fourth-order valence-electron chi connectivity index (χ4n) is 2.15. The van der Waals surface area contributed by atoms with E-state index in [1.165, 1.54) is 29.5 Å². The molecule has 0 spiro atoms. The molecule has 0 atom stereocenters. The molecule has 0 aliphatic heterocycles. The van der Waals surface area contributed by atoms with Gasteiger partial charge < -0.3 is 10.1 Å². The van der Waals surface area contributed by atoms with Gasteiger partial charge in [0.25, 0.3) is 5.91 Å². The Morgan fingerprint density at radius 1 is 1.28 bits per heavy atom. The van der Waals surface area contributed by atoms with Crippen molar-refractivity contribution in [1.82, 2.24) is 4.98 Å². The number of nitrogens with one attached hydrogen (secondary N) is 1.